The van der Waals surface area contributed by atoms with Crippen molar-refractivity contribution in [2.24, 2.45) is 7.05 Å². The zero-order chi connectivity index (χ0) is 11.7. The summed E-state index contributed by atoms with van der Waals surface area (Å²) in [5.41, 5.74) is 3.87. The van der Waals surface area contributed by atoms with Crippen molar-refractivity contribution in [3.63, 3.8) is 0 Å². The Morgan fingerprint density at radius 2 is 1.94 bits per heavy atom. The summed E-state index contributed by atoms with van der Waals surface area (Å²) < 4.78 is 1.69. The molecule has 0 atom stereocenters. The van der Waals surface area contributed by atoms with Crippen molar-refractivity contribution in [2.45, 2.75) is 13.8 Å². The second-order valence-electron chi connectivity index (χ2n) is 3.64. The molecule has 0 saturated heterocycles. The molecule has 0 saturated carbocycles. The Hall–Kier alpha value is -1.98. The molecule has 2 aromatic rings. The summed E-state index contributed by atoms with van der Waals surface area (Å²) >= 11 is 0. The molecular weight excluding hydrogens is 204 g/mol. The van der Waals surface area contributed by atoms with Gasteiger partial charge in [-0.05, 0) is 25.0 Å². The Bertz CT molecular complexity index is 516. The minimum Gasteiger partial charge on any atom is -0.371 e. The summed E-state index contributed by atoms with van der Waals surface area (Å²) in [6, 6.07) is 0. The molecule has 6 nitrogen and oxygen atoms in total. The molecule has 84 valence electrons. The lowest BCUT2D eigenvalue weighted by molar-refractivity contribution is 0.717. The fourth-order valence-electron chi connectivity index (χ4n) is 1.59. The number of nitrogens with zero attached hydrogens (tertiary/aromatic N) is 5. The highest BCUT2D eigenvalue weighted by Crippen LogP contribution is 2.24. The van der Waals surface area contributed by atoms with Gasteiger partial charge < -0.3 is 5.32 Å². The van der Waals surface area contributed by atoms with E-state index in [1.54, 1.807) is 10.9 Å². The van der Waals surface area contributed by atoms with Crippen LogP contribution in [-0.4, -0.2) is 32.2 Å². The Morgan fingerprint density at radius 1 is 1.19 bits per heavy atom. The van der Waals surface area contributed by atoms with E-state index >= 15 is 0 Å². The van der Waals surface area contributed by atoms with Gasteiger partial charge in [0.05, 0.1) is 6.20 Å². The Labute approximate surface area is 93.7 Å². The van der Waals surface area contributed by atoms with Gasteiger partial charge in [0.1, 0.15) is 11.4 Å². The van der Waals surface area contributed by atoms with Crippen LogP contribution in [0.25, 0.3) is 11.4 Å². The second-order valence-corrected chi connectivity index (χ2v) is 3.64. The van der Waals surface area contributed by atoms with Crippen LogP contribution in [0.15, 0.2) is 6.20 Å². The molecule has 0 aromatic carbocycles. The van der Waals surface area contributed by atoms with E-state index in [1.807, 2.05) is 27.9 Å². The van der Waals surface area contributed by atoms with Crippen LogP contribution in [0.4, 0.5) is 5.82 Å². The summed E-state index contributed by atoms with van der Waals surface area (Å²) in [5, 5.41) is 19.1. The minimum absolute atomic E-state index is 0.802. The van der Waals surface area contributed by atoms with Gasteiger partial charge >= 0.3 is 0 Å². The first kappa shape index (κ1) is 10.5. The third-order valence-electron chi connectivity index (χ3n) is 2.72. The normalized spacial score (nSPS) is 10.5. The molecule has 0 aliphatic rings. The molecule has 0 bridgehead atoms. The largest absolute Gasteiger partial charge is 0.371 e. The topological polar surface area (TPSA) is 68.5 Å². The molecule has 2 aromatic heterocycles. The van der Waals surface area contributed by atoms with Gasteiger partial charge in [0.2, 0.25) is 0 Å². The first-order valence-corrected chi connectivity index (χ1v) is 5.01. The Balaban J connectivity index is 2.60. The maximum Gasteiger partial charge on any atom is 0.151 e. The lowest BCUT2D eigenvalue weighted by Gasteiger charge is -2.09. The van der Waals surface area contributed by atoms with Gasteiger partial charge in [0.15, 0.2) is 5.82 Å². The number of rotatable bonds is 2. The Kier molecular flexibility index (Phi) is 2.55. The smallest absolute Gasteiger partial charge is 0.151 e. The van der Waals surface area contributed by atoms with E-state index in [9.17, 15) is 0 Å². The fraction of sp³-hybridized carbons (Fsp3) is 0.400. The highest BCUT2D eigenvalue weighted by molar-refractivity contribution is 5.62. The zero-order valence-electron chi connectivity index (χ0n) is 9.81. The molecule has 0 radical (unpaired) electrons. The molecule has 1 N–H and O–H groups in total. The number of anilines is 1. The van der Waals surface area contributed by atoms with Crippen LogP contribution in [0.1, 0.15) is 11.1 Å². The van der Waals surface area contributed by atoms with Gasteiger partial charge in [-0.25, -0.2) is 4.68 Å². The summed E-state index contributed by atoms with van der Waals surface area (Å²) in [4.78, 5) is 0. The van der Waals surface area contributed by atoms with E-state index < -0.39 is 0 Å². The molecule has 0 aliphatic carbocycles. The van der Waals surface area contributed by atoms with Crippen LogP contribution in [-0.2, 0) is 7.05 Å². The van der Waals surface area contributed by atoms with Crippen molar-refractivity contribution in [3.8, 4) is 11.4 Å². The quantitative estimate of drug-likeness (QED) is 0.812. The molecule has 0 spiro atoms. The molecule has 0 unspecified atom stereocenters. The van der Waals surface area contributed by atoms with E-state index in [2.05, 4.69) is 25.8 Å². The highest BCUT2D eigenvalue weighted by Gasteiger charge is 2.13. The van der Waals surface area contributed by atoms with Gasteiger partial charge in [0.25, 0.3) is 0 Å². The fourth-order valence-corrected chi connectivity index (χ4v) is 1.59. The third-order valence-corrected chi connectivity index (χ3v) is 2.72. The molecule has 2 rings (SSSR count). The van der Waals surface area contributed by atoms with Gasteiger partial charge in [-0.3, -0.25) is 0 Å². The van der Waals surface area contributed by atoms with Crippen LogP contribution in [0, 0.1) is 13.8 Å². The van der Waals surface area contributed by atoms with Crippen LogP contribution in [0.3, 0.4) is 0 Å². The number of nitrogens with one attached hydrogen (secondary N) is 1. The van der Waals surface area contributed by atoms with Crippen LogP contribution in [0.5, 0.6) is 0 Å². The first-order valence-electron chi connectivity index (χ1n) is 5.01. The molecular formula is C10H14N6. The van der Waals surface area contributed by atoms with Gasteiger partial charge in [-0.1, -0.05) is 5.21 Å². The number of hydrogen-bond acceptors (Lipinski definition) is 5. The van der Waals surface area contributed by atoms with Crippen molar-refractivity contribution in [2.75, 3.05) is 12.4 Å². The predicted octanol–water partition coefficient (Wildman–Crippen LogP) is 0.931. The maximum absolute atomic E-state index is 4.20. The molecule has 0 amide bonds. The summed E-state index contributed by atoms with van der Waals surface area (Å²) in [6.07, 6.45) is 1.69. The van der Waals surface area contributed by atoms with Gasteiger partial charge in [-0.15, -0.1) is 15.3 Å². The zero-order valence-corrected chi connectivity index (χ0v) is 9.81. The Morgan fingerprint density at radius 3 is 2.50 bits per heavy atom. The molecule has 16 heavy (non-hydrogen) atoms. The van der Waals surface area contributed by atoms with Crippen molar-refractivity contribution >= 4 is 5.82 Å². The highest BCUT2D eigenvalue weighted by atomic mass is 15.4. The van der Waals surface area contributed by atoms with E-state index in [-0.39, 0.29) is 0 Å². The summed E-state index contributed by atoms with van der Waals surface area (Å²) in [7, 11) is 3.67. The van der Waals surface area contributed by atoms with Crippen LogP contribution < -0.4 is 5.32 Å². The van der Waals surface area contributed by atoms with E-state index in [0.717, 1.165) is 28.3 Å². The third kappa shape index (κ3) is 1.52. The van der Waals surface area contributed by atoms with Crippen molar-refractivity contribution in [1.82, 2.24) is 25.2 Å². The van der Waals surface area contributed by atoms with E-state index in [0.29, 0.717) is 0 Å². The van der Waals surface area contributed by atoms with Crippen molar-refractivity contribution < 1.29 is 0 Å². The minimum atomic E-state index is 0.802. The molecule has 0 fully saturated rings. The van der Waals surface area contributed by atoms with Crippen molar-refractivity contribution in [3.05, 3.63) is 17.3 Å². The standard InChI is InChI=1S/C10H14N6/c1-6-7(2)10(11-3)14-13-9(6)8-5-12-15-16(8)4/h5H,1-4H3,(H,11,14). The van der Waals surface area contributed by atoms with E-state index in [1.165, 1.54) is 0 Å². The van der Waals surface area contributed by atoms with Crippen molar-refractivity contribution in [1.29, 1.82) is 0 Å². The molecule has 6 heteroatoms. The number of aryl methyl sites for hydroxylation is 1. The van der Waals surface area contributed by atoms with E-state index in [4.69, 9.17) is 0 Å². The summed E-state index contributed by atoms with van der Waals surface area (Å²) in [6.45, 7) is 4.04. The number of aromatic nitrogens is 5. The van der Waals surface area contributed by atoms with Gasteiger partial charge in [-0.2, -0.15) is 0 Å². The number of hydrogen-bond donors (Lipinski definition) is 1. The monoisotopic (exact) mass is 218 g/mol. The molecule has 2 heterocycles. The first-order chi connectivity index (χ1) is 7.65. The van der Waals surface area contributed by atoms with Crippen LogP contribution in [0.2, 0.25) is 0 Å². The average Bonchev–Trinajstić information content (AvgIpc) is 2.69. The lowest BCUT2D eigenvalue weighted by Crippen LogP contribution is -2.04. The van der Waals surface area contributed by atoms with Gasteiger partial charge in [0, 0.05) is 14.1 Å². The van der Waals surface area contributed by atoms with Crippen LogP contribution >= 0.6 is 0 Å². The second kappa shape index (κ2) is 3.88. The average molecular weight is 218 g/mol. The predicted molar refractivity (Wildman–Crippen MR) is 61.0 cm³/mol. The lowest BCUT2D eigenvalue weighted by atomic mass is 10.1. The maximum atomic E-state index is 4.20. The SMILES string of the molecule is CNc1nnc(-c2cnnn2C)c(C)c1C. The summed E-state index contributed by atoms with van der Waals surface area (Å²) in [5.74, 6) is 0.802. The molecule has 0 aliphatic heterocycles.